The first kappa shape index (κ1) is 7.24. The summed E-state index contributed by atoms with van der Waals surface area (Å²) in [5, 5.41) is 8.64. The number of hydrogen-bond acceptors (Lipinski definition) is 3. The molecule has 0 aliphatic carbocycles. The highest BCUT2D eigenvalue weighted by molar-refractivity contribution is 7.71. The van der Waals surface area contributed by atoms with Crippen LogP contribution in [0.25, 0.3) is 0 Å². The van der Waals surface area contributed by atoms with Gasteiger partial charge in [-0.05, 0) is 11.6 Å². The molecule has 1 rings (SSSR count). The van der Waals surface area contributed by atoms with E-state index >= 15 is 0 Å². The highest BCUT2D eigenvalue weighted by Crippen LogP contribution is 2.05. The summed E-state index contributed by atoms with van der Waals surface area (Å²) in [6.07, 6.45) is 1.64. The second kappa shape index (κ2) is 2.81. The molecule has 1 aromatic heterocycles. The van der Waals surface area contributed by atoms with Crippen LogP contribution in [0.2, 0.25) is 0 Å². The zero-order valence-corrected chi connectivity index (χ0v) is 6.11. The fourth-order valence-electron chi connectivity index (χ4n) is 0.640. The summed E-state index contributed by atoms with van der Waals surface area (Å²) in [6.45, 7) is -0.0175. The van der Waals surface area contributed by atoms with E-state index in [0.29, 0.717) is 10.3 Å². The predicted octanol–water partition coefficient (Wildman–Crippen LogP) is 0.819. The van der Waals surface area contributed by atoms with E-state index in [1.54, 1.807) is 12.3 Å². The minimum absolute atomic E-state index is 0.0175. The quantitative estimate of drug-likeness (QED) is 0.527. The molecule has 0 saturated heterocycles. The molecule has 0 amide bonds. The minimum Gasteiger partial charge on any atom is -0.396 e. The van der Waals surface area contributed by atoms with Crippen LogP contribution in [0.1, 0.15) is 5.56 Å². The number of hydrogen-bond donors (Lipinski definition) is 3. The van der Waals surface area contributed by atoms with Gasteiger partial charge in [0.15, 0.2) is 0 Å². The summed E-state index contributed by atoms with van der Waals surface area (Å²) in [4.78, 5) is 2.75. The van der Waals surface area contributed by atoms with Gasteiger partial charge < -0.3 is 15.8 Å². The van der Waals surface area contributed by atoms with Crippen LogP contribution in [-0.4, -0.2) is 10.1 Å². The second-order valence-electron chi connectivity index (χ2n) is 1.95. The number of pyridine rings is 1. The molecule has 1 aromatic rings. The van der Waals surface area contributed by atoms with Gasteiger partial charge in [-0.1, -0.05) is 12.2 Å². The molecule has 4 heteroatoms. The summed E-state index contributed by atoms with van der Waals surface area (Å²) in [5.41, 5.74) is 6.69. The van der Waals surface area contributed by atoms with E-state index in [1.807, 2.05) is 0 Å². The third kappa shape index (κ3) is 1.34. The van der Waals surface area contributed by atoms with Crippen molar-refractivity contribution in [3.8, 4) is 0 Å². The number of anilines is 1. The van der Waals surface area contributed by atoms with Crippen molar-refractivity contribution in [1.29, 1.82) is 0 Å². The maximum Gasteiger partial charge on any atom is 0.126 e. The normalized spacial score (nSPS) is 9.70. The predicted molar refractivity (Wildman–Crippen MR) is 42.0 cm³/mol. The van der Waals surface area contributed by atoms with Gasteiger partial charge in [-0.15, -0.1) is 0 Å². The van der Waals surface area contributed by atoms with Crippen molar-refractivity contribution >= 4 is 17.9 Å². The monoisotopic (exact) mass is 156 g/mol. The van der Waals surface area contributed by atoms with Crippen LogP contribution >= 0.6 is 12.2 Å². The summed E-state index contributed by atoms with van der Waals surface area (Å²) in [7, 11) is 0. The Balaban J connectivity index is 3.17. The maximum atomic E-state index is 8.64. The van der Waals surface area contributed by atoms with Gasteiger partial charge in [0, 0.05) is 6.20 Å². The highest BCUT2D eigenvalue weighted by Gasteiger charge is 1.91. The van der Waals surface area contributed by atoms with Gasteiger partial charge in [0.25, 0.3) is 0 Å². The largest absolute Gasteiger partial charge is 0.396 e. The lowest BCUT2D eigenvalue weighted by atomic mass is 10.3. The highest BCUT2D eigenvalue weighted by atomic mass is 32.1. The Hall–Kier alpha value is -0.870. The van der Waals surface area contributed by atoms with Crippen molar-refractivity contribution in [2.45, 2.75) is 6.61 Å². The molecule has 0 aromatic carbocycles. The maximum absolute atomic E-state index is 8.64. The number of rotatable bonds is 1. The van der Waals surface area contributed by atoms with Gasteiger partial charge in [-0.2, -0.15) is 0 Å². The van der Waals surface area contributed by atoms with Crippen LogP contribution in [0, 0.1) is 4.64 Å². The average Bonchev–Trinajstić information content (AvgIpc) is 1.95. The van der Waals surface area contributed by atoms with Gasteiger partial charge >= 0.3 is 0 Å². The Bertz CT molecular complexity index is 281. The van der Waals surface area contributed by atoms with Gasteiger partial charge in [-0.25, -0.2) is 0 Å². The molecule has 0 atom stereocenters. The van der Waals surface area contributed by atoms with E-state index in [9.17, 15) is 0 Å². The number of aliphatic hydroxyl groups excluding tert-OH is 1. The van der Waals surface area contributed by atoms with Gasteiger partial charge in [0.1, 0.15) is 4.64 Å². The zero-order valence-electron chi connectivity index (χ0n) is 5.29. The van der Waals surface area contributed by atoms with Crippen LogP contribution in [0.3, 0.4) is 0 Å². The Morgan fingerprint density at radius 1 is 1.70 bits per heavy atom. The van der Waals surface area contributed by atoms with E-state index in [-0.39, 0.29) is 6.61 Å². The fraction of sp³-hybridized carbons (Fsp3) is 0.167. The van der Waals surface area contributed by atoms with E-state index in [0.717, 1.165) is 5.56 Å². The number of aromatic nitrogens is 1. The van der Waals surface area contributed by atoms with E-state index in [1.165, 1.54) is 0 Å². The molecule has 0 radical (unpaired) electrons. The molecule has 1 heterocycles. The Morgan fingerprint density at radius 3 is 2.90 bits per heavy atom. The van der Waals surface area contributed by atoms with E-state index < -0.39 is 0 Å². The molecule has 4 N–H and O–H groups in total. The molecule has 0 bridgehead atoms. The van der Waals surface area contributed by atoms with Crippen molar-refractivity contribution in [2.24, 2.45) is 0 Å². The molecule has 0 aliphatic heterocycles. The Labute approximate surface area is 63.5 Å². The summed E-state index contributed by atoms with van der Waals surface area (Å²) in [5.74, 6) is 0. The molecule has 3 nitrogen and oxygen atoms in total. The van der Waals surface area contributed by atoms with Crippen LogP contribution in [0.4, 0.5) is 5.69 Å². The first-order valence-corrected chi connectivity index (χ1v) is 3.23. The molecule has 54 valence electrons. The summed E-state index contributed by atoms with van der Waals surface area (Å²) < 4.78 is 0.511. The molecule has 0 aliphatic rings. The van der Waals surface area contributed by atoms with Gasteiger partial charge in [0.2, 0.25) is 0 Å². The molecular weight excluding hydrogens is 148 g/mol. The van der Waals surface area contributed by atoms with Gasteiger partial charge in [0.05, 0.1) is 12.3 Å². The standard InChI is InChI=1S/C6H8N2OS/c7-5-1-4(3-9)2-8-6(5)10/h1-2,9H,3,7H2,(H,8,10). The number of nitrogens with one attached hydrogen (secondary N) is 1. The topological polar surface area (TPSA) is 62.0 Å². The van der Waals surface area contributed by atoms with Crippen LogP contribution in [0.15, 0.2) is 12.3 Å². The smallest absolute Gasteiger partial charge is 0.126 e. The zero-order chi connectivity index (χ0) is 7.56. The lowest BCUT2D eigenvalue weighted by Gasteiger charge is -1.96. The molecular formula is C6H8N2OS. The Morgan fingerprint density at radius 2 is 2.40 bits per heavy atom. The number of H-pyrrole nitrogens is 1. The fourth-order valence-corrected chi connectivity index (χ4v) is 0.758. The Kier molecular flexibility index (Phi) is 2.03. The third-order valence-electron chi connectivity index (χ3n) is 1.17. The third-order valence-corrected chi connectivity index (χ3v) is 1.53. The number of nitrogens with two attached hydrogens (primary N) is 1. The molecule has 0 spiro atoms. The second-order valence-corrected chi connectivity index (χ2v) is 2.36. The van der Waals surface area contributed by atoms with Crippen molar-refractivity contribution in [2.75, 3.05) is 5.73 Å². The first-order valence-electron chi connectivity index (χ1n) is 2.82. The van der Waals surface area contributed by atoms with Crippen molar-refractivity contribution in [3.63, 3.8) is 0 Å². The molecule has 0 saturated carbocycles. The van der Waals surface area contributed by atoms with Gasteiger partial charge in [-0.3, -0.25) is 0 Å². The number of nitrogen functional groups attached to an aromatic ring is 1. The lowest BCUT2D eigenvalue weighted by Crippen LogP contribution is -1.92. The first-order chi connectivity index (χ1) is 4.74. The number of aliphatic hydroxyl groups is 1. The summed E-state index contributed by atoms with van der Waals surface area (Å²) >= 11 is 4.80. The lowest BCUT2D eigenvalue weighted by molar-refractivity contribution is 0.281. The number of aromatic amines is 1. The molecule has 0 fully saturated rings. The minimum atomic E-state index is -0.0175. The molecule has 10 heavy (non-hydrogen) atoms. The van der Waals surface area contributed by atoms with Crippen LogP contribution in [-0.2, 0) is 6.61 Å². The average molecular weight is 156 g/mol. The van der Waals surface area contributed by atoms with Crippen molar-refractivity contribution in [3.05, 3.63) is 22.5 Å². The van der Waals surface area contributed by atoms with Crippen LogP contribution < -0.4 is 5.73 Å². The van der Waals surface area contributed by atoms with Crippen molar-refractivity contribution < 1.29 is 5.11 Å². The molecule has 0 unspecified atom stereocenters. The SMILES string of the molecule is Nc1cc(CO)c[nH]c1=S. The van der Waals surface area contributed by atoms with E-state index in [2.05, 4.69) is 4.98 Å². The van der Waals surface area contributed by atoms with Crippen molar-refractivity contribution in [1.82, 2.24) is 4.98 Å². The summed E-state index contributed by atoms with van der Waals surface area (Å²) in [6, 6.07) is 1.65. The van der Waals surface area contributed by atoms with E-state index in [4.69, 9.17) is 23.1 Å². The van der Waals surface area contributed by atoms with Crippen LogP contribution in [0.5, 0.6) is 0 Å².